The summed E-state index contributed by atoms with van der Waals surface area (Å²) in [4.78, 5) is 17.9. The summed E-state index contributed by atoms with van der Waals surface area (Å²) in [5, 5.41) is 5.08. The lowest BCUT2D eigenvalue weighted by molar-refractivity contribution is 0.256. The van der Waals surface area contributed by atoms with E-state index in [2.05, 4.69) is 26.0 Å². The van der Waals surface area contributed by atoms with Gasteiger partial charge in [0.05, 0.1) is 37.8 Å². The van der Waals surface area contributed by atoms with Gasteiger partial charge in [-0.2, -0.15) is 5.10 Å². The van der Waals surface area contributed by atoms with Crippen molar-refractivity contribution in [1.82, 2.24) is 14.6 Å². The topological polar surface area (TPSA) is 76.5 Å². The van der Waals surface area contributed by atoms with Crippen LogP contribution in [0.5, 0.6) is 0 Å². The normalized spacial score (nSPS) is 11.0. The van der Waals surface area contributed by atoms with Gasteiger partial charge >= 0.3 is 6.03 Å². The highest BCUT2D eigenvalue weighted by Gasteiger charge is 2.18. The van der Waals surface area contributed by atoms with Crippen LogP contribution in [0.2, 0.25) is 10.0 Å². The predicted octanol–water partition coefficient (Wildman–Crippen LogP) is 5.68. The molecule has 0 fully saturated rings. The van der Waals surface area contributed by atoms with Gasteiger partial charge in [0.15, 0.2) is 5.65 Å². The molecule has 9 heteroatoms. The summed E-state index contributed by atoms with van der Waals surface area (Å²) in [6.07, 6.45) is 3.38. The first-order chi connectivity index (χ1) is 13.5. The first kappa shape index (κ1) is 18.7. The summed E-state index contributed by atoms with van der Waals surface area (Å²) in [7, 11) is 0. The van der Waals surface area contributed by atoms with Crippen molar-refractivity contribution in [2.45, 2.75) is 0 Å². The molecule has 2 aromatic heterocycles. The third-order valence-electron chi connectivity index (χ3n) is 4.14. The minimum absolute atomic E-state index is 0.332. The van der Waals surface area contributed by atoms with Crippen molar-refractivity contribution in [3.8, 4) is 11.3 Å². The number of fused-ring (bicyclic) bond motifs is 1. The van der Waals surface area contributed by atoms with Gasteiger partial charge in [0.1, 0.15) is 0 Å². The summed E-state index contributed by atoms with van der Waals surface area (Å²) in [6.45, 7) is 0. The Balaban J connectivity index is 1.84. The van der Waals surface area contributed by atoms with Crippen LogP contribution in [-0.2, 0) is 0 Å². The molecule has 2 amide bonds. The summed E-state index contributed by atoms with van der Waals surface area (Å²) >= 11 is 15.5. The van der Waals surface area contributed by atoms with E-state index in [1.54, 1.807) is 41.2 Å². The maximum atomic E-state index is 12.2. The summed E-state index contributed by atoms with van der Waals surface area (Å²) in [5.41, 5.74) is 9.10. The Labute approximate surface area is 178 Å². The van der Waals surface area contributed by atoms with Crippen molar-refractivity contribution in [3.63, 3.8) is 0 Å². The van der Waals surface area contributed by atoms with Crippen molar-refractivity contribution >= 4 is 62.2 Å². The maximum absolute atomic E-state index is 12.2. The summed E-state index contributed by atoms with van der Waals surface area (Å²) in [5.74, 6) is 0. The molecule has 2 N–H and O–H groups in total. The molecule has 2 aromatic carbocycles. The zero-order chi connectivity index (χ0) is 19.8. The van der Waals surface area contributed by atoms with Crippen LogP contribution in [0.15, 0.2) is 65.4 Å². The van der Waals surface area contributed by atoms with Gasteiger partial charge in [-0.3, -0.25) is 4.90 Å². The Morgan fingerprint density at radius 1 is 1.07 bits per heavy atom. The lowest BCUT2D eigenvalue weighted by Gasteiger charge is -2.22. The molecule has 0 unspecified atom stereocenters. The number of rotatable bonds is 3. The van der Waals surface area contributed by atoms with E-state index in [-0.39, 0.29) is 0 Å². The van der Waals surface area contributed by atoms with E-state index in [1.165, 1.54) is 4.90 Å². The number of urea groups is 1. The van der Waals surface area contributed by atoms with Crippen molar-refractivity contribution in [1.29, 1.82) is 0 Å². The number of nitrogens with zero attached hydrogens (tertiary/aromatic N) is 4. The van der Waals surface area contributed by atoms with Gasteiger partial charge in [-0.25, -0.2) is 14.3 Å². The van der Waals surface area contributed by atoms with Crippen LogP contribution < -0.4 is 10.6 Å². The number of aromatic nitrogens is 3. The molecular formula is C19H12BrCl2N5O. The molecule has 0 saturated carbocycles. The Kier molecular flexibility index (Phi) is 4.97. The predicted molar refractivity (Wildman–Crippen MR) is 114 cm³/mol. The number of halogens is 3. The number of carbonyl (C=O) groups excluding carboxylic acids is 1. The molecule has 4 rings (SSSR count). The smallest absolute Gasteiger partial charge is 0.323 e. The van der Waals surface area contributed by atoms with Crippen molar-refractivity contribution in [2.75, 3.05) is 4.90 Å². The summed E-state index contributed by atoms with van der Waals surface area (Å²) < 4.78 is 2.51. The van der Waals surface area contributed by atoms with Crippen LogP contribution in [0.4, 0.5) is 16.2 Å². The van der Waals surface area contributed by atoms with Gasteiger partial charge < -0.3 is 5.73 Å². The SMILES string of the molecule is NC(=O)N(c1cccc(-c2ccnc3c(Br)cnn23)c1)c1ccc(Cl)c(Cl)c1. The molecule has 28 heavy (non-hydrogen) atoms. The number of nitrogens with two attached hydrogens (primary N) is 1. The quantitative estimate of drug-likeness (QED) is 0.413. The van der Waals surface area contributed by atoms with Crippen LogP contribution in [0.3, 0.4) is 0 Å². The van der Waals surface area contributed by atoms with Crippen molar-refractivity contribution in [2.24, 2.45) is 5.73 Å². The first-order valence-electron chi connectivity index (χ1n) is 8.09. The second-order valence-electron chi connectivity index (χ2n) is 5.88. The Bertz CT molecular complexity index is 1210. The molecule has 2 heterocycles. The molecule has 0 aliphatic carbocycles. The minimum atomic E-state index is -0.641. The van der Waals surface area contributed by atoms with Gasteiger partial charge in [-0.15, -0.1) is 0 Å². The zero-order valence-electron chi connectivity index (χ0n) is 14.2. The van der Waals surface area contributed by atoms with Gasteiger partial charge in [0.2, 0.25) is 0 Å². The number of hydrogen-bond donors (Lipinski definition) is 1. The van der Waals surface area contributed by atoms with Gasteiger partial charge in [-0.05, 0) is 52.3 Å². The van der Waals surface area contributed by atoms with Gasteiger partial charge in [-0.1, -0.05) is 35.3 Å². The van der Waals surface area contributed by atoms with Crippen molar-refractivity contribution < 1.29 is 4.79 Å². The van der Waals surface area contributed by atoms with Crippen LogP contribution in [0, 0.1) is 0 Å². The molecule has 0 spiro atoms. The largest absolute Gasteiger partial charge is 0.351 e. The standard InChI is InChI=1S/C19H12BrCl2N5O/c20-14-10-25-27-17(6-7-24-18(14)27)11-2-1-3-12(8-11)26(19(23)28)13-4-5-15(21)16(22)9-13/h1-10H,(H2,23,28). The number of carbonyl (C=O) groups is 1. The Hall–Kier alpha value is -2.61. The van der Waals surface area contributed by atoms with Gasteiger partial charge in [0, 0.05) is 11.8 Å². The molecule has 0 aliphatic rings. The fraction of sp³-hybridized carbons (Fsp3) is 0. The second-order valence-corrected chi connectivity index (χ2v) is 7.55. The van der Waals surface area contributed by atoms with E-state index in [4.69, 9.17) is 28.9 Å². The minimum Gasteiger partial charge on any atom is -0.351 e. The maximum Gasteiger partial charge on any atom is 0.323 e. The number of hydrogen-bond acceptors (Lipinski definition) is 3. The molecule has 0 saturated heterocycles. The van der Waals surface area contributed by atoms with E-state index in [0.29, 0.717) is 27.1 Å². The lowest BCUT2D eigenvalue weighted by atomic mass is 10.1. The van der Waals surface area contributed by atoms with Crippen LogP contribution in [-0.4, -0.2) is 20.6 Å². The van der Waals surface area contributed by atoms with Crippen LogP contribution in [0.25, 0.3) is 16.9 Å². The van der Waals surface area contributed by atoms with Crippen molar-refractivity contribution in [3.05, 3.63) is 75.4 Å². The molecule has 0 aliphatic heterocycles. The van der Waals surface area contributed by atoms with E-state index in [0.717, 1.165) is 15.7 Å². The van der Waals surface area contributed by atoms with E-state index in [1.807, 2.05) is 24.3 Å². The highest BCUT2D eigenvalue weighted by molar-refractivity contribution is 9.10. The second kappa shape index (κ2) is 7.43. The Morgan fingerprint density at radius 2 is 1.86 bits per heavy atom. The average Bonchev–Trinajstić information content (AvgIpc) is 3.06. The highest BCUT2D eigenvalue weighted by atomic mass is 79.9. The van der Waals surface area contributed by atoms with Crippen LogP contribution >= 0.6 is 39.1 Å². The first-order valence-corrected chi connectivity index (χ1v) is 9.64. The molecule has 0 atom stereocenters. The zero-order valence-corrected chi connectivity index (χ0v) is 17.3. The molecule has 6 nitrogen and oxygen atoms in total. The molecule has 4 aromatic rings. The number of amides is 2. The number of anilines is 2. The van der Waals surface area contributed by atoms with Crippen LogP contribution in [0.1, 0.15) is 0 Å². The molecule has 0 bridgehead atoms. The van der Waals surface area contributed by atoms with E-state index < -0.39 is 6.03 Å². The third kappa shape index (κ3) is 3.32. The molecule has 0 radical (unpaired) electrons. The Morgan fingerprint density at radius 3 is 2.61 bits per heavy atom. The molecule has 140 valence electrons. The monoisotopic (exact) mass is 475 g/mol. The number of primary amides is 1. The van der Waals surface area contributed by atoms with E-state index in [9.17, 15) is 4.79 Å². The summed E-state index contributed by atoms with van der Waals surface area (Å²) in [6, 6.07) is 13.5. The third-order valence-corrected chi connectivity index (χ3v) is 5.44. The van der Waals surface area contributed by atoms with E-state index >= 15 is 0 Å². The fourth-order valence-electron chi connectivity index (χ4n) is 2.91. The number of benzene rings is 2. The van der Waals surface area contributed by atoms with Gasteiger partial charge in [0.25, 0.3) is 0 Å². The highest BCUT2D eigenvalue weighted by Crippen LogP contribution is 2.33. The lowest BCUT2D eigenvalue weighted by Crippen LogP contribution is -2.31. The fourth-order valence-corrected chi connectivity index (χ4v) is 3.57. The molecular weight excluding hydrogens is 465 g/mol. The average molecular weight is 477 g/mol.